The Morgan fingerprint density at radius 3 is 2.22 bits per heavy atom. The first-order valence-corrected chi connectivity index (χ1v) is 9.45. The Balaban J connectivity index is 0.000000260. The Kier molecular flexibility index (Phi) is 7.74. The van der Waals surface area contributed by atoms with Gasteiger partial charge in [0.15, 0.2) is 0 Å². The third-order valence-corrected chi connectivity index (χ3v) is 5.17. The van der Waals surface area contributed by atoms with Crippen molar-refractivity contribution in [3.8, 4) is 0 Å². The van der Waals surface area contributed by atoms with Gasteiger partial charge in [-0.05, 0) is 47.6 Å². The summed E-state index contributed by atoms with van der Waals surface area (Å²) in [5, 5.41) is 17.1. The normalized spacial score (nSPS) is 12.3. The number of hydrogen-bond acceptors (Lipinski definition) is 3. The summed E-state index contributed by atoms with van der Waals surface area (Å²) in [5.74, 6) is 0.698. The molecule has 3 rings (SSSR count). The quantitative estimate of drug-likeness (QED) is 0.461. The Morgan fingerprint density at radius 2 is 1.74 bits per heavy atom. The first kappa shape index (κ1) is 18.6. The number of nitrogens with one attached hydrogen (secondary N) is 1. The molecule has 0 saturated carbocycles. The predicted octanol–water partition coefficient (Wildman–Crippen LogP) is 4.83. The van der Waals surface area contributed by atoms with E-state index in [1.54, 1.807) is 6.07 Å². The van der Waals surface area contributed by atoms with Gasteiger partial charge >= 0.3 is 0 Å². The van der Waals surface area contributed by atoms with E-state index in [0.29, 0.717) is 15.8 Å². The van der Waals surface area contributed by atoms with Gasteiger partial charge in [0.05, 0.1) is 0 Å². The summed E-state index contributed by atoms with van der Waals surface area (Å²) >= 11 is 13.4. The van der Waals surface area contributed by atoms with Crippen molar-refractivity contribution >= 4 is 35.0 Å². The van der Waals surface area contributed by atoms with Gasteiger partial charge in [0.1, 0.15) is 5.44 Å². The molecular formula is C18H21Cl2NOS. The smallest absolute Gasteiger partial charge is 0.101 e. The molecule has 0 amide bonds. The number of aliphatic hydroxyl groups excluding tert-OH is 1. The molecule has 2 N–H and O–H groups in total. The van der Waals surface area contributed by atoms with Crippen molar-refractivity contribution < 1.29 is 5.11 Å². The summed E-state index contributed by atoms with van der Waals surface area (Å²) in [7, 11) is 0. The summed E-state index contributed by atoms with van der Waals surface area (Å²) in [6.07, 6.45) is 0.740. The molecule has 0 radical (unpaired) electrons. The predicted molar refractivity (Wildman–Crippen MR) is 101 cm³/mol. The minimum absolute atomic E-state index is 0.360. The van der Waals surface area contributed by atoms with Crippen molar-refractivity contribution in [2.45, 2.75) is 24.5 Å². The van der Waals surface area contributed by atoms with Crippen LogP contribution in [0.3, 0.4) is 0 Å². The van der Waals surface area contributed by atoms with E-state index in [1.165, 1.54) is 22.2 Å². The molecule has 0 heterocycles. The van der Waals surface area contributed by atoms with Gasteiger partial charge in [0.2, 0.25) is 0 Å². The van der Waals surface area contributed by atoms with Crippen LogP contribution < -0.4 is 5.32 Å². The second-order valence-electron chi connectivity index (χ2n) is 5.22. The minimum atomic E-state index is -0.360. The van der Waals surface area contributed by atoms with E-state index < -0.39 is 0 Å². The van der Waals surface area contributed by atoms with Crippen molar-refractivity contribution in [2.24, 2.45) is 0 Å². The van der Waals surface area contributed by atoms with E-state index in [9.17, 15) is 5.11 Å². The van der Waals surface area contributed by atoms with Gasteiger partial charge in [0, 0.05) is 15.8 Å². The molecular weight excluding hydrogens is 349 g/mol. The maximum Gasteiger partial charge on any atom is 0.101 e. The molecule has 2 aliphatic carbocycles. The molecule has 0 spiro atoms. The molecule has 1 unspecified atom stereocenters. The van der Waals surface area contributed by atoms with Gasteiger partial charge in [-0.25, -0.2) is 0 Å². The standard InChI is InChI=1S/C12H17Cl2NOS.C6H4/c1-2-15-6-5-12(16)17-8-9-3-4-10(13)7-11(9)14;1-2-6-4-3-5(1)6/h3-4,7,12,15-16H,2,5-6,8H2,1H3;1-4H. The third kappa shape index (κ3) is 6.02. The molecule has 0 bridgehead atoms. The van der Waals surface area contributed by atoms with Gasteiger partial charge in [-0.3, -0.25) is 0 Å². The molecule has 2 aliphatic rings. The second-order valence-corrected chi connectivity index (χ2v) is 7.23. The lowest BCUT2D eigenvalue weighted by atomic mass is 10.1. The highest BCUT2D eigenvalue weighted by Gasteiger charge is 2.07. The maximum atomic E-state index is 9.74. The van der Waals surface area contributed by atoms with Gasteiger partial charge in [-0.15, -0.1) is 11.8 Å². The van der Waals surface area contributed by atoms with Gasteiger partial charge in [0.25, 0.3) is 0 Å². The molecule has 124 valence electrons. The van der Waals surface area contributed by atoms with E-state index in [4.69, 9.17) is 23.2 Å². The molecule has 1 atom stereocenters. The average Bonchev–Trinajstić information content (AvgIpc) is 2.51. The number of aliphatic hydroxyl groups is 1. The summed E-state index contributed by atoms with van der Waals surface area (Å²) in [5.41, 5.74) is 0.643. The topological polar surface area (TPSA) is 32.3 Å². The highest BCUT2D eigenvalue weighted by Crippen LogP contribution is 2.26. The second kappa shape index (κ2) is 9.55. The zero-order chi connectivity index (χ0) is 16.7. The van der Waals surface area contributed by atoms with E-state index in [-0.39, 0.29) is 5.44 Å². The summed E-state index contributed by atoms with van der Waals surface area (Å²) in [6.45, 7) is 3.81. The number of halogens is 2. The number of hydrogen-bond donors (Lipinski definition) is 2. The van der Waals surface area contributed by atoms with Crippen LogP contribution in [0.15, 0.2) is 42.5 Å². The van der Waals surface area contributed by atoms with E-state index >= 15 is 0 Å². The van der Waals surface area contributed by atoms with Crippen LogP contribution in [0.25, 0.3) is 0 Å². The van der Waals surface area contributed by atoms with Crippen LogP contribution in [-0.2, 0) is 5.75 Å². The lowest BCUT2D eigenvalue weighted by molar-refractivity contribution is 0.251. The lowest BCUT2D eigenvalue weighted by Crippen LogP contribution is -2.18. The first-order valence-electron chi connectivity index (χ1n) is 7.65. The van der Waals surface area contributed by atoms with Crippen molar-refractivity contribution in [1.29, 1.82) is 0 Å². The molecule has 2 nitrogen and oxygen atoms in total. The summed E-state index contributed by atoms with van der Waals surface area (Å²) < 4.78 is 0. The Labute approximate surface area is 151 Å². The average molecular weight is 370 g/mol. The maximum absolute atomic E-state index is 9.74. The molecule has 0 fully saturated rings. The monoisotopic (exact) mass is 369 g/mol. The molecule has 1 aromatic rings. The van der Waals surface area contributed by atoms with E-state index in [1.807, 2.05) is 19.1 Å². The van der Waals surface area contributed by atoms with E-state index in [0.717, 1.165) is 25.1 Å². The minimum Gasteiger partial charge on any atom is -0.382 e. The molecule has 0 aromatic heterocycles. The van der Waals surface area contributed by atoms with Crippen molar-refractivity contribution in [1.82, 2.24) is 5.32 Å². The third-order valence-electron chi connectivity index (χ3n) is 3.48. The number of thioether (sulfide) groups is 1. The summed E-state index contributed by atoms with van der Waals surface area (Å²) in [4.78, 5) is 0. The Morgan fingerprint density at radius 1 is 1.09 bits per heavy atom. The Hall–Kier alpha value is -0.710. The van der Waals surface area contributed by atoms with Gasteiger partial charge in [-0.2, -0.15) is 0 Å². The van der Waals surface area contributed by atoms with Crippen LogP contribution in [0.2, 0.25) is 10.0 Å². The van der Waals surface area contributed by atoms with Gasteiger partial charge in [-0.1, -0.05) is 60.5 Å². The molecule has 23 heavy (non-hydrogen) atoms. The largest absolute Gasteiger partial charge is 0.382 e. The van der Waals surface area contributed by atoms with Crippen LogP contribution in [0, 0.1) is 10.4 Å². The zero-order valence-corrected chi connectivity index (χ0v) is 15.4. The number of benzene rings is 2. The van der Waals surface area contributed by atoms with Crippen molar-refractivity contribution in [3.63, 3.8) is 0 Å². The van der Waals surface area contributed by atoms with Crippen LogP contribution >= 0.6 is 35.0 Å². The fourth-order valence-electron chi connectivity index (χ4n) is 1.97. The molecule has 0 saturated heterocycles. The van der Waals surface area contributed by atoms with Crippen LogP contribution in [0.4, 0.5) is 0 Å². The highest BCUT2D eigenvalue weighted by molar-refractivity contribution is 7.98. The Bertz CT molecular complexity index is 673. The van der Waals surface area contributed by atoms with Gasteiger partial charge < -0.3 is 10.4 Å². The van der Waals surface area contributed by atoms with Crippen molar-refractivity contribution in [3.05, 3.63) is 68.5 Å². The van der Waals surface area contributed by atoms with Crippen LogP contribution in [-0.4, -0.2) is 23.6 Å². The van der Waals surface area contributed by atoms with Crippen LogP contribution in [0.1, 0.15) is 18.9 Å². The molecule has 5 heteroatoms. The SMILES string of the molecule is CCNCCC(O)SCc1ccc(Cl)cc1Cl.c1cc2ccc1=2. The summed E-state index contributed by atoms with van der Waals surface area (Å²) in [6, 6.07) is 13.9. The van der Waals surface area contributed by atoms with Crippen molar-refractivity contribution in [2.75, 3.05) is 13.1 Å². The fraction of sp³-hybridized carbons (Fsp3) is 0.333. The highest BCUT2D eigenvalue weighted by atomic mass is 35.5. The lowest BCUT2D eigenvalue weighted by Gasteiger charge is -2.11. The number of rotatable bonds is 7. The zero-order valence-electron chi connectivity index (χ0n) is 13.1. The molecule has 1 aromatic carbocycles. The van der Waals surface area contributed by atoms with Crippen LogP contribution in [0.5, 0.6) is 0 Å². The molecule has 0 aliphatic heterocycles. The van der Waals surface area contributed by atoms with E-state index in [2.05, 4.69) is 29.6 Å². The first-order chi connectivity index (χ1) is 11.1. The fourth-order valence-corrected chi connectivity index (χ4v) is 3.44.